The maximum Gasteiger partial charge on any atom is 0.327 e. The highest BCUT2D eigenvalue weighted by Crippen LogP contribution is 2.24. The lowest BCUT2D eigenvalue weighted by atomic mass is 10.0. The molecule has 2 aliphatic heterocycles. The fraction of sp³-hybridized carbons (Fsp3) is 0.833. The molecule has 0 aromatic heterocycles. The molecule has 0 saturated carbocycles. The maximum absolute atomic E-state index is 12.3. The minimum atomic E-state index is -0.892. The van der Waals surface area contributed by atoms with Gasteiger partial charge in [0.05, 0.1) is 5.88 Å². The van der Waals surface area contributed by atoms with E-state index in [1.165, 1.54) is 16.7 Å². The number of thioether (sulfide) groups is 1. The molecule has 0 aromatic carbocycles. The molecule has 102 valence electrons. The maximum atomic E-state index is 12.3. The number of likely N-dealkylation sites (tertiary alicyclic amines) is 1. The van der Waals surface area contributed by atoms with E-state index < -0.39 is 12.0 Å². The number of aliphatic carboxylic acids is 1. The van der Waals surface area contributed by atoms with Crippen molar-refractivity contribution in [1.29, 1.82) is 0 Å². The van der Waals surface area contributed by atoms with E-state index in [0.29, 0.717) is 17.5 Å². The van der Waals surface area contributed by atoms with Gasteiger partial charge in [-0.3, -0.25) is 0 Å². The van der Waals surface area contributed by atoms with Gasteiger partial charge < -0.3 is 14.9 Å². The van der Waals surface area contributed by atoms with Crippen molar-refractivity contribution in [3.8, 4) is 0 Å². The zero-order chi connectivity index (χ0) is 13.1. The van der Waals surface area contributed by atoms with Crippen LogP contribution < -0.4 is 0 Å². The van der Waals surface area contributed by atoms with Gasteiger partial charge in [-0.2, -0.15) is 0 Å². The second-order valence-electron chi connectivity index (χ2n) is 5.13. The van der Waals surface area contributed by atoms with Gasteiger partial charge in [0, 0.05) is 18.8 Å². The molecule has 0 bridgehead atoms. The molecule has 2 atom stereocenters. The van der Waals surface area contributed by atoms with Crippen molar-refractivity contribution in [2.75, 3.05) is 24.7 Å². The van der Waals surface area contributed by atoms with E-state index in [2.05, 4.69) is 6.92 Å². The molecule has 2 saturated heterocycles. The summed E-state index contributed by atoms with van der Waals surface area (Å²) in [7, 11) is 0. The molecule has 2 rings (SSSR count). The highest BCUT2D eigenvalue weighted by molar-refractivity contribution is 7.99. The second-order valence-corrected chi connectivity index (χ2v) is 6.13. The normalized spacial score (nSPS) is 29.2. The Bertz CT molecular complexity index is 337. The number of urea groups is 1. The van der Waals surface area contributed by atoms with Crippen molar-refractivity contribution >= 4 is 23.8 Å². The van der Waals surface area contributed by atoms with Gasteiger partial charge in [0.1, 0.15) is 6.04 Å². The highest BCUT2D eigenvalue weighted by atomic mass is 32.2. The topological polar surface area (TPSA) is 60.9 Å². The third-order valence-electron chi connectivity index (χ3n) is 3.70. The van der Waals surface area contributed by atoms with E-state index >= 15 is 0 Å². The molecule has 0 aromatic rings. The Morgan fingerprint density at radius 2 is 2.06 bits per heavy atom. The summed E-state index contributed by atoms with van der Waals surface area (Å²) >= 11 is 1.51. The van der Waals surface area contributed by atoms with Gasteiger partial charge in [-0.25, -0.2) is 9.59 Å². The van der Waals surface area contributed by atoms with Crippen LogP contribution in [0.4, 0.5) is 4.79 Å². The van der Waals surface area contributed by atoms with Gasteiger partial charge >= 0.3 is 12.0 Å². The Hall–Kier alpha value is -0.910. The highest BCUT2D eigenvalue weighted by Gasteiger charge is 2.36. The Balaban J connectivity index is 1.99. The fourth-order valence-corrected chi connectivity index (χ4v) is 3.61. The third-order valence-corrected chi connectivity index (χ3v) is 4.71. The predicted molar refractivity (Wildman–Crippen MR) is 70.6 cm³/mol. The summed E-state index contributed by atoms with van der Waals surface area (Å²) in [6.45, 7) is 3.73. The van der Waals surface area contributed by atoms with Crippen molar-refractivity contribution < 1.29 is 14.7 Å². The van der Waals surface area contributed by atoms with Crippen LogP contribution in [0.5, 0.6) is 0 Å². The van der Waals surface area contributed by atoms with Crippen LogP contribution in [0.1, 0.15) is 26.2 Å². The summed E-state index contributed by atoms with van der Waals surface area (Å²) in [5, 5.41) is 9.10. The zero-order valence-electron chi connectivity index (χ0n) is 10.7. The van der Waals surface area contributed by atoms with E-state index in [9.17, 15) is 9.59 Å². The van der Waals surface area contributed by atoms with Crippen LogP contribution in [-0.2, 0) is 4.79 Å². The Morgan fingerprint density at radius 1 is 1.28 bits per heavy atom. The summed E-state index contributed by atoms with van der Waals surface area (Å²) in [5.74, 6) is 0.773. The molecule has 0 aliphatic carbocycles. The van der Waals surface area contributed by atoms with Crippen LogP contribution in [-0.4, -0.2) is 57.7 Å². The van der Waals surface area contributed by atoms with E-state index in [-0.39, 0.29) is 6.03 Å². The first-order valence-electron chi connectivity index (χ1n) is 6.45. The van der Waals surface area contributed by atoms with Crippen molar-refractivity contribution in [3.63, 3.8) is 0 Å². The first-order valence-corrected chi connectivity index (χ1v) is 7.61. The van der Waals surface area contributed by atoms with Gasteiger partial charge in [-0.15, -0.1) is 11.8 Å². The van der Waals surface area contributed by atoms with Crippen LogP contribution in [0.15, 0.2) is 0 Å². The number of carbonyl (C=O) groups excluding carboxylic acids is 1. The van der Waals surface area contributed by atoms with Crippen molar-refractivity contribution in [2.24, 2.45) is 5.92 Å². The summed E-state index contributed by atoms with van der Waals surface area (Å²) < 4.78 is 0. The molecule has 0 spiro atoms. The monoisotopic (exact) mass is 272 g/mol. The van der Waals surface area contributed by atoms with Crippen LogP contribution in [0.3, 0.4) is 0 Å². The smallest absolute Gasteiger partial charge is 0.327 e. The molecule has 2 aliphatic rings. The number of nitrogens with zero attached hydrogens (tertiary/aromatic N) is 2. The molecule has 0 radical (unpaired) electrons. The van der Waals surface area contributed by atoms with Gasteiger partial charge in [0.25, 0.3) is 0 Å². The number of carboxylic acid groups (broad SMARTS) is 1. The Kier molecular flexibility index (Phi) is 4.37. The van der Waals surface area contributed by atoms with E-state index in [1.807, 2.05) is 4.90 Å². The minimum Gasteiger partial charge on any atom is -0.480 e. The standard InChI is InChI=1S/C12H20N2O3S/c1-9-3-2-5-13(6-4-9)12(17)14-8-18-7-10(14)11(15)16/h9-10H,2-8H2,1H3,(H,15,16)/t9?,10-/m1/s1. The minimum absolute atomic E-state index is 0.0958. The lowest BCUT2D eigenvalue weighted by Crippen LogP contribution is -2.49. The van der Waals surface area contributed by atoms with Gasteiger partial charge in [0.15, 0.2) is 0 Å². The van der Waals surface area contributed by atoms with Gasteiger partial charge in [0.2, 0.25) is 0 Å². The van der Waals surface area contributed by atoms with Crippen LogP contribution >= 0.6 is 11.8 Å². The Labute approximate surface area is 112 Å². The molecule has 2 amide bonds. The Morgan fingerprint density at radius 3 is 2.78 bits per heavy atom. The SMILES string of the molecule is CC1CCCN(C(=O)N2CSC[C@@H]2C(=O)O)CC1. The lowest BCUT2D eigenvalue weighted by molar-refractivity contribution is -0.140. The van der Waals surface area contributed by atoms with E-state index in [4.69, 9.17) is 5.11 Å². The molecule has 1 unspecified atom stereocenters. The van der Waals surface area contributed by atoms with Crippen LogP contribution in [0.2, 0.25) is 0 Å². The second kappa shape index (κ2) is 5.82. The fourth-order valence-electron chi connectivity index (χ4n) is 2.47. The van der Waals surface area contributed by atoms with Gasteiger partial charge in [-0.1, -0.05) is 6.92 Å². The molecular formula is C12H20N2O3S. The summed E-state index contributed by atoms with van der Waals surface area (Å²) in [5.41, 5.74) is 0. The molecule has 18 heavy (non-hydrogen) atoms. The number of carboxylic acids is 1. The quantitative estimate of drug-likeness (QED) is 0.789. The van der Waals surface area contributed by atoms with E-state index in [0.717, 1.165) is 32.4 Å². The van der Waals surface area contributed by atoms with Crippen molar-refractivity contribution in [2.45, 2.75) is 32.2 Å². The number of hydrogen-bond donors (Lipinski definition) is 1. The number of hydrogen-bond acceptors (Lipinski definition) is 3. The average Bonchev–Trinajstić information content (AvgIpc) is 2.72. The average molecular weight is 272 g/mol. The van der Waals surface area contributed by atoms with Crippen LogP contribution in [0, 0.1) is 5.92 Å². The number of amides is 2. The number of carbonyl (C=O) groups is 2. The third kappa shape index (κ3) is 2.91. The molecular weight excluding hydrogens is 252 g/mol. The zero-order valence-corrected chi connectivity index (χ0v) is 11.5. The van der Waals surface area contributed by atoms with E-state index in [1.54, 1.807) is 0 Å². The number of rotatable bonds is 1. The largest absolute Gasteiger partial charge is 0.480 e. The summed E-state index contributed by atoms with van der Waals surface area (Å²) in [4.78, 5) is 26.8. The van der Waals surface area contributed by atoms with Crippen molar-refractivity contribution in [3.05, 3.63) is 0 Å². The molecule has 6 heteroatoms. The molecule has 2 heterocycles. The van der Waals surface area contributed by atoms with Gasteiger partial charge in [-0.05, 0) is 25.2 Å². The van der Waals surface area contributed by atoms with Crippen molar-refractivity contribution in [1.82, 2.24) is 9.80 Å². The summed E-state index contributed by atoms with van der Waals surface area (Å²) in [6, 6.07) is -0.746. The molecule has 2 fully saturated rings. The predicted octanol–water partition coefficient (Wildman–Crippen LogP) is 1.69. The first kappa shape index (κ1) is 13.5. The summed E-state index contributed by atoms with van der Waals surface area (Å²) in [6.07, 6.45) is 3.19. The molecule has 5 nitrogen and oxygen atoms in total. The molecule has 1 N–H and O–H groups in total. The first-order chi connectivity index (χ1) is 8.59. The lowest BCUT2D eigenvalue weighted by Gasteiger charge is -2.28. The van der Waals surface area contributed by atoms with Crippen LogP contribution in [0.25, 0.3) is 0 Å².